The van der Waals surface area contributed by atoms with Crippen molar-refractivity contribution in [1.29, 1.82) is 0 Å². The van der Waals surface area contributed by atoms with Crippen LogP contribution >= 0.6 is 11.6 Å². The van der Waals surface area contributed by atoms with Crippen molar-refractivity contribution in [2.75, 3.05) is 20.3 Å². The van der Waals surface area contributed by atoms with Crippen molar-refractivity contribution >= 4 is 17.6 Å². The number of hydrogen-bond donors (Lipinski definition) is 2. The van der Waals surface area contributed by atoms with Gasteiger partial charge >= 0.3 is 0 Å². The van der Waals surface area contributed by atoms with Gasteiger partial charge in [0.15, 0.2) is 5.96 Å². The Morgan fingerprint density at radius 1 is 1.53 bits per heavy atom. The molecule has 4 nitrogen and oxygen atoms in total. The summed E-state index contributed by atoms with van der Waals surface area (Å²) < 4.78 is 4.92. The summed E-state index contributed by atoms with van der Waals surface area (Å²) in [6, 6.07) is 8.48. The topological polar surface area (TPSA) is 59.6 Å². The Bertz CT molecular complexity index is 444. The number of rotatable bonds is 5. The molecule has 0 aliphatic heterocycles. The van der Waals surface area contributed by atoms with Crippen LogP contribution in [-0.2, 0) is 4.74 Å². The summed E-state index contributed by atoms with van der Waals surface area (Å²) in [6.07, 6.45) is 2.14. The molecule has 1 fully saturated rings. The van der Waals surface area contributed by atoms with Crippen LogP contribution in [0.25, 0.3) is 0 Å². The van der Waals surface area contributed by atoms with Crippen molar-refractivity contribution in [3.05, 3.63) is 34.9 Å². The van der Waals surface area contributed by atoms with Crippen LogP contribution in [0.1, 0.15) is 24.3 Å². The minimum atomic E-state index is 0.412. The van der Waals surface area contributed by atoms with Crippen molar-refractivity contribution in [3.8, 4) is 0 Å². The molecule has 0 saturated heterocycles. The van der Waals surface area contributed by atoms with Crippen LogP contribution in [0.2, 0.25) is 5.02 Å². The molecule has 0 unspecified atom stereocenters. The van der Waals surface area contributed by atoms with E-state index >= 15 is 0 Å². The second-order valence-electron chi connectivity index (χ2n) is 4.82. The third-order valence-corrected chi connectivity index (χ3v) is 3.62. The van der Waals surface area contributed by atoms with Crippen molar-refractivity contribution < 1.29 is 4.74 Å². The molecule has 0 radical (unpaired) electrons. The normalized spacial score (nSPS) is 22.9. The molecule has 5 heteroatoms. The van der Waals surface area contributed by atoms with Crippen molar-refractivity contribution in [3.63, 3.8) is 0 Å². The number of benzene rings is 1. The van der Waals surface area contributed by atoms with Crippen molar-refractivity contribution in [2.24, 2.45) is 10.7 Å². The SMILES string of the molecule is COCCN=C(N)NC1CC(c2cccc(Cl)c2)C1. The summed E-state index contributed by atoms with van der Waals surface area (Å²) in [5.41, 5.74) is 7.10. The van der Waals surface area contributed by atoms with Gasteiger partial charge in [-0.1, -0.05) is 23.7 Å². The van der Waals surface area contributed by atoms with Gasteiger partial charge in [-0.2, -0.15) is 0 Å². The van der Waals surface area contributed by atoms with E-state index in [1.165, 1.54) is 5.56 Å². The standard InChI is InChI=1S/C14H20ClN3O/c1-19-6-5-17-14(16)18-13-8-11(9-13)10-3-2-4-12(15)7-10/h2-4,7,11,13H,5-6,8-9H2,1H3,(H3,16,17,18). The molecule has 104 valence electrons. The van der Waals surface area contributed by atoms with E-state index in [9.17, 15) is 0 Å². The first-order chi connectivity index (χ1) is 9.19. The zero-order valence-electron chi connectivity index (χ0n) is 11.1. The van der Waals surface area contributed by atoms with Gasteiger partial charge in [-0.25, -0.2) is 0 Å². The van der Waals surface area contributed by atoms with Crippen LogP contribution in [-0.4, -0.2) is 32.3 Å². The maximum atomic E-state index is 6.00. The molecule has 0 amide bonds. The average Bonchev–Trinajstić information content (AvgIpc) is 2.33. The summed E-state index contributed by atoms with van der Waals surface area (Å²) in [6.45, 7) is 1.19. The Balaban J connectivity index is 1.76. The number of methoxy groups -OCH3 is 1. The molecule has 1 aliphatic carbocycles. The van der Waals surface area contributed by atoms with Crippen molar-refractivity contribution in [2.45, 2.75) is 24.8 Å². The molecule has 0 atom stereocenters. The molecular formula is C14H20ClN3O. The number of hydrogen-bond acceptors (Lipinski definition) is 2. The van der Waals surface area contributed by atoms with Gasteiger partial charge in [0.1, 0.15) is 0 Å². The lowest BCUT2D eigenvalue weighted by Crippen LogP contribution is -2.46. The Hall–Kier alpha value is -1.26. The fourth-order valence-electron chi connectivity index (χ4n) is 2.28. The predicted octanol–water partition coefficient (Wildman–Crippen LogP) is 2.14. The van der Waals surface area contributed by atoms with Gasteiger partial charge in [0.25, 0.3) is 0 Å². The third-order valence-electron chi connectivity index (χ3n) is 3.39. The molecule has 19 heavy (non-hydrogen) atoms. The second kappa shape index (κ2) is 6.78. The van der Waals surface area contributed by atoms with Gasteiger partial charge in [-0.15, -0.1) is 0 Å². The molecule has 1 aromatic rings. The molecule has 0 heterocycles. The minimum absolute atomic E-state index is 0.412. The largest absolute Gasteiger partial charge is 0.383 e. The third kappa shape index (κ3) is 4.11. The maximum Gasteiger partial charge on any atom is 0.188 e. The highest BCUT2D eigenvalue weighted by Crippen LogP contribution is 2.37. The van der Waals surface area contributed by atoms with E-state index in [0.29, 0.717) is 31.1 Å². The van der Waals surface area contributed by atoms with E-state index in [1.54, 1.807) is 7.11 Å². The highest BCUT2D eigenvalue weighted by molar-refractivity contribution is 6.30. The van der Waals surface area contributed by atoms with Gasteiger partial charge < -0.3 is 15.8 Å². The Morgan fingerprint density at radius 3 is 3.00 bits per heavy atom. The van der Waals surface area contributed by atoms with Crippen LogP contribution in [0.5, 0.6) is 0 Å². The number of aliphatic imine (C=N–C) groups is 1. The van der Waals surface area contributed by atoms with Crippen LogP contribution < -0.4 is 11.1 Å². The zero-order valence-corrected chi connectivity index (χ0v) is 11.9. The Kier molecular flexibility index (Phi) is 5.05. The lowest BCUT2D eigenvalue weighted by Gasteiger charge is -2.36. The molecule has 1 aromatic carbocycles. The number of nitrogens with two attached hydrogens (primary N) is 1. The summed E-state index contributed by atoms with van der Waals surface area (Å²) in [4.78, 5) is 4.18. The number of halogens is 1. The monoisotopic (exact) mass is 281 g/mol. The van der Waals surface area contributed by atoms with Crippen LogP contribution in [0.4, 0.5) is 0 Å². The highest BCUT2D eigenvalue weighted by Gasteiger charge is 2.30. The van der Waals surface area contributed by atoms with Crippen molar-refractivity contribution in [1.82, 2.24) is 5.32 Å². The molecule has 3 N–H and O–H groups in total. The molecular weight excluding hydrogens is 262 g/mol. The van der Waals surface area contributed by atoms with Crippen LogP contribution in [0, 0.1) is 0 Å². The fourth-order valence-corrected chi connectivity index (χ4v) is 2.48. The summed E-state index contributed by atoms with van der Waals surface area (Å²) in [5.74, 6) is 1.08. The number of nitrogens with one attached hydrogen (secondary N) is 1. The van der Waals surface area contributed by atoms with E-state index < -0.39 is 0 Å². The molecule has 2 rings (SSSR count). The van der Waals surface area contributed by atoms with E-state index in [-0.39, 0.29) is 0 Å². The van der Waals surface area contributed by atoms with Gasteiger partial charge in [-0.3, -0.25) is 4.99 Å². The zero-order chi connectivity index (χ0) is 13.7. The lowest BCUT2D eigenvalue weighted by atomic mass is 9.76. The summed E-state index contributed by atoms with van der Waals surface area (Å²) in [5, 5.41) is 4.03. The van der Waals surface area contributed by atoms with E-state index in [4.69, 9.17) is 22.1 Å². The van der Waals surface area contributed by atoms with Crippen LogP contribution in [0.15, 0.2) is 29.3 Å². The fraction of sp³-hybridized carbons (Fsp3) is 0.500. The highest BCUT2D eigenvalue weighted by atomic mass is 35.5. The Morgan fingerprint density at radius 2 is 2.32 bits per heavy atom. The van der Waals surface area contributed by atoms with Gasteiger partial charge in [-0.05, 0) is 36.5 Å². The lowest BCUT2D eigenvalue weighted by molar-refractivity contribution is 0.207. The molecule has 1 aliphatic rings. The number of guanidine groups is 1. The number of nitrogens with zero attached hydrogens (tertiary/aromatic N) is 1. The molecule has 0 aromatic heterocycles. The summed E-state index contributed by atoms with van der Waals surface area (Å²) in [7, 11) is 1.65. The van der Waals surface area contributed by atoms with Gasteiger partial charge in [0.2, 0.25) is 0 Å². The second-order valence-corrected chi connectivity index (χ2v) is 5.26. The molecule has 1 saturated carbocycles. The average molecular weight is 282 g/mol. The quantitative estimate of drug-likeness (QED) is 0.494. The first-order valence-corrected chi connectivity index (χ1v) is 6.87. The van der Waals surface area contributed by atoms with Crippen LogP contribution in [0.3, 0.4) is 0 Å². The van der Waals surface area contributed by atoms with Gasteiger partial charge in [0, 0.05) is 18.2 Å². The number of ether oxygens (including phenoxy) is 1. The first-order valence-electron chi connectivity index (χ1n) is 6.50. The maximum absolute atomic E-state index is 6.00. The molecule has 0 spiro atoms. The molecule has 0 bridgehead atoms. The summed E-state index contributed by atoms with van der Waals surface area (Å²) >= 11 is 6.00. The minimum Gasteiger partial charge on any atom is -0.383 e. The smallest absolute Gasteiger partial charge is 0.188 e. The first kappa shape index (κ1) is 14.2. The Labute approximate surface area is 119 Å². The van der Waals surface area contributed by atoms with E-state index in [2.05, 4.69) is 16.4 Å². The van der Waals surface area contributed by atoms with E-state index in [0.717, 1.165) is 17.9 Å². The van der Waals surface area contributed by atoms with E-state index in [1.807, 2.05) is 18.2 Å². The predicted molar refractivity (Wildman–Crippen MR) is 78.7 cm³/mol. The van der Waals surface area contributed by atoms with Gasteiger partial charge in [0.05, 0.1) is 13.2 Å².